The molecular formula is C11H15Cl3N6S2. The van der Waals surface area contributed by atoms with Gasteiger partial charge < -0.3 is 5.43 Å². The van der Waals surface area contributed by atoms with Crippen LogP contribution >= 0.6 is 58.3 Å². The number of nitrogens with two attached hydrogens (primary N) is 1. The predicted molar refractivity (Wildman–Crippen MR) is 97.2 cm³/mol. The fourth-order valence-corrected chi connectivity index (χ4v) is 2.54. The number of hydrazine groups is 1. The van der Waals surface area contributed by atoms with Crippen LogP contribution in [-0.4, -0.2) is 32.4 Å². The summed E-state index contributed by atoms with van der Waals surface area (Å²) in [4.78, 5) is 15.7. The average Bonchev–Trinajstić information content (AvgIpc) is 2.46. The smallest absolute Gasteiger partial charge is 0.190 e. The third-order valence-electron chi connectivity index (χ3n) is 1.83. The van der Waals surface area contributed by atoms with Crippen LogP contribution < -0.4 is 11.3 Å². The first-order valence-corrected chi connectivity index (χ1v) is 8.86. The van der Waals surface area contributed by atoms with E-state index < -0.39 is 0 Å². The van der Waals surface area contributed by atoms with Crippen molar-refractivity contribution in [2.75, 3.05) is 17.9 Å². The van der Waals surface area contributed by atoms with Gasteiger partial charge in [0.1, 0.15) is 21.3 Å². The van der Waals surface area contributed by atoms with Crippen molar-refractivity contribution in [3.63, 3.8) is 0 Å². The molecule has 2 rings (SSSR count). The number of halogens is 3. The molecule has 0 radical (unpaired) electrons. The largest absolute Gasteiger partial charge is 0.308 e. The second kappa shape index (κ2) is 11.1. The summed E-state index contributed by atoms with van der Waals surface area (Å²) in [6, 6.07) is 3.06. The number of nitrogens with zero attached hydrogens (tertiary/aromatic N) is 4. The molecule has 11 heteroatoms. The van der Waals surface area contributed by atoms with Crippen LogP contribution in [0, 0.1) is 0 Å². The van der Waals surface area contributed by atoms with E-state index in [0.29, 0.717) is 31.6 Å². The third kappa shape index (κ3) is 7.66. The van der Waals surface area contributed by atoms with Crippen LogP contribution in [0.1, 0.15) is 7.43 Å². The number of nitrogen functional groups attached to an aromatic ring is 1. The molecule has 0 saturated carbocycles. The lowest BCUT2D eigenvalue weighted by atomic mass is 10.6. The van der Waals surface area contributed by atoms with E-state index in [4.69, 9.17) is 40.6 Å². The highest BCUT2D eigenvalue weighted by molar-refractivity contribution is 7.98. The van der Waals surface area contributed by atoms with Crippen molar-refractivity contribution < 1.29 is 0 Å². The summed E-state index contributed by atoms with van der Waals surface area (Å²) in [6.07, 6.45) is 3.73. The molecule has 3 N–H and O–H groups in total. The minimum atomic E-state index is 0. The van der Waals surface area contributed by atoms with Crippen molar-refractivity contribution in [3.05, 3.63) is 27.6 Å². The quantitative estimate of drug-likeness (QED) is 0.259. The Labute approximate surface area is 152 Å². The normalized spacial score (nSPS) is 9.36. The van der Waals surface area contributed by atoms with Crippen LogP contribution in [0.15, 0.2) is 22.4 Å². The average molecular weight is 402 g/mol. The van der Waals surface area contributed by atoms with Gasteiger partial charge in [0.2, 0.25) is 0 Å². The third-order valence-corrected chi connectivity index (χ3v) is 3.51. The first kappa shape index (κ1) is 21.5. The zero-order valence-electron chi connectivity index (χ0n) is 11.0. The summed E-state index contributed by atoms with van der Waals surface area (Å²) in [7, 11) is 0. The van der Waals surface area contributed by atoms with Crippen molar-refractivity contribution in [2.24, 2.45) is 5.84 Å². The summed E-state index contributed by atoms with van der Waals surface area (Å²) in [5.74, 6) is 5.66. The summed E-state index contributed by atoms with van der Waals surface area (Å²) >= 11 is 19.6. The van der Waals surface area contributed by atoms with E-state index in [9.17, 15) is 0 Å². The number of nitrogens with one attached hydrogen (secondary N) is 1. The number of hydrogen-bond donors (Lipinski definition) is 2. The van der Waals surface area contributed by atoms with Crippen molar-refractivity contribution >= 4 is 64.1 Å². The van der Waals surface area contributed by atoms with Gasteiger partial charge >= 0.3 is 0 Å². The predicted octanol–water partition coefficient (Wildman–Crippen LogP) is 4.28. The molecule has 22 heavy (non-hydrogen) atoms. The molecule has 0 atom stereocenters. The molecule has 2 aromatic rings. The molecule has 0 unspecified atom stereocenters. The molecule has 0 aliphatic heterocycles. The van der Waals surface area contributed by atoms with Gasteiger partial charge in [-0.3, -0.25) is 0 Å². The fraction of sp³-hybridized carbons (Fsp3) is 0.273. The maximum absolute atomic E-state index is 5.65. The first-order chi connectivity index (χ1) is 9.98. The van der Waals surface area contributed by atoms with Gasteiger partial charge in [0, 0.05) is 12.1 Å². The Morgan fingerprint density at radius 2 is 1.27 bits per heavy atom. The van der Waals surface area contributed by atoms with E-state index in [1.165, 1.54) is 29.6 Å². The van der Waals surface area contributed by atoms with Crippen LogP contribution in [0.4, 0.5) is 5.82 Å². The maximum Gasteiger partial charge on any atom is 0.190 e. The SMILES string of the molecule is C.CSc1nc(Cl)cc(Cl)n1.CSc1nc(Cl)cc(NN)n1. The minimum absolute atomic E-state index is 0. The molecule has 2 heterocycles. The lowest BCUT2D eigenvalue weighted by Gasteiger charge is -2.00. The van der Waals surface area contributed by atoms with Crippen molar-refractivity contribution in [1.82, 2.24) is 19.9 Å². The van der Waals surface area contributed by atoms with Gasteiger partial charge in [-0.15, -0.1) is 0 Å². The Morgan fingerprint density at radius 3 is 1.68 bits per heavy atom. The number of anilines is 1. The summed E-state index contributed by atoms with van der Waals surface area (Å²) in [5.41, 5.74) is 2.39. The van der Waals surface area contributed by atoms with Gasteiger partial charge in [0.25, 0.3) is 0 Å². The molecule has 0 spiro atoms. The fourth-order valence-electron chi connectivity index (χ4n) is 1.02. The van der Waals surface area contributed by atoms with Crippen LogP contribution in [0.3, 0.4) is 0 Å². The van der Waals surface area contributed by atoms with Crippen LogP contribution in [0.25, 0.3) is 0 Å². The van der Waals surface area contributed by atoms with E-state index in [1.807, 2.05) is 12.5 Å². The van der Waals surface area contributed by atoms with Gasteiger partial charge in [0.15, 0.2) is 10.3 Å². The molecule has 0 fully saturated rings. The van der Waals surface area contributed by atoms with Crippen LogP contribution in [0.5, 0.6) is 0 Å². The number of thioether (sulfide) groups is 2. The van der Waals surface area contributed by atoms with Gasteiger partial charge in [-0.05, 0) is 12.5 Å². The Morgan fingerprint density at radius 1 is 0.864 bits per heavy atom. The number of hydrogen-bond acceptors (Lipinski definition) is 8. The van der Waals surface area contributed by atoms with E-state index in [-0.39, 0.29) is 7.43 Å². The number of aromatic nitrogens is 4. The second-order valence-corrected chi connectivity index (χ2v) is 5.92. The van der Waals surface area contributed by atoms with E-state index >= 15 is 0 Å². The molecule has 6 nitrogen and oxygen atoms in total. The highest BCUT2D eigenvalue weighted by Gasteiger charge is 1.99. The van der Waals surface area contributed by atoms with Crippen LogP contribution in [0.2, 0.25) is 15.5 Å². The molecular weight excluding hydrogens is 387 g/mol. The molecule has 0 saturated heterocycles. The Bertz CT molecular complexity index is 560. The lowest BCUT2D eigenvalue weighted by molar-refractivity contribution is 0.967. The van der Waals surface area contributed by atoms with Crippen molar-refractivity contribution in [1.29, 1.82) is 0 Å². The monoisotopic (exact) mass is 400 g/mol. The molecule has 0 aromatic carbocycles. The summed E-state index contributed by atoms with van der Waals surface area (Å²) in [6.45, 7) is 0. The molecule has 0 amide bonds. The lowest BCUT2D eigenvalue weighted by Crippen LogP contribution is -2.09. The van der Waals surface area contributed by atoms with Crippen molar-refractivity contribution in [2.45, 2.75) is 17.7 Å². The zero-order valence-corrected chi connectivity index (χ0v) is 14.9. The van der Waals surface area contributed by atoms with Crippen molar-refractivity contribution in [3.8, 4) is 0 Å². The standard InChI is InChI=1S/C5H4Cl2N2S.C5H7ClN4S.CH4/c1-10-5-8-3(6)2-4(7)9-5;1-11-5-8-3(6)2-4(9-5)10-7;/h2H,1H3;2H,7H2,1H3,(H,8,9,10);1H4. The minimum Gasteiger partial charge on any atom is -0.308 e. The Kier molecular flexibility index (Phi) is 10.8. The van der Waals surface area contributed by atoms with E-state index in [0.717, 1.165) is 0 Å². The van der Waals surface area contributed by atoms with Gasteiger partial charge in [0.05, 0.1) is 0 Å². The molecule has 0 aliphatic rings. The maximum atomic E-state index is 5.65. The summed E-state index contributed by atoms with van der Waals surface area (Å²) < 4.78 is 0. The summed E-state index contributed by atoms with van der Waals surface area (Å²) in [5, 5.41) is 2.34. The first-order valence-electron chi connectivity index (χ1n) is 5.27. The zero-order chi connectivity index (χ0) is 15.8. The Hall–Kier alpha value is -0.510. The van der Waals surface area contributed by atoms with Crippen LogP contribution in [-0.2, 0) is 0 Å². The van der Waals surface area contributed by atoms with E-state index in [2.05, 4.69) is 25.4 Å². The van der Waals surface area contributed by atoms with Gasteiger partial charge in [-0.2, -0.15) is 0 Å². The number of rotatable bonds is 3. The molecule has 122 valence electrons. The molecule has 0 bridgehead atoms. The Balaban J connectivity index is 0.000000385. The highest BCUT2D eigenvalue weighted by Crippen LogP contribution is 2.17. The molecule has 2 aromatic heterocycles. The van der Waals surface area contributed by atoms with E-state index in [1.54, 1.807) is 6.07 Å². The second-order valence-electron chi connectivity index (χ2n) is 3.21. The van der Waals surface area contributed by atoms with Gasteiger partial charge in [-0.1, -0.05) is 65.8 Å². The highest BCUT2D eigenvalue weighted by atomic mass is 35.5. The topological polar surface area (TPSA) is 89.6 Å². The molecule has 0 aliphatic carbocycles. The van der Waals surface area contributed by atoms with Gasteiger partial charge in [-0.25, -0.2) is 25.8 Å².